The Morgan fingerprint density at radius 3 is 2.58 bits per heavy atom. The molecule has 3 aromatic rings. The molecule has 1 aliphatic heterocycles. The van der Waals surface area contributed by atoms with E-state index in [0.29, 0.717) is 29.9 Å². The Kier molecular flexibility index (Phi) is 8.34. The molecular weight excluding hydrogens is 550 g/mol. The average molecular weight is 580 g/mol. The SMILES string of the molecule is CC(C)(C)OC(=O)N1CCc2sc(CNC(CNS(=O)(=O)c3ccc4cc(Cl)ccc4c3)C(=O)O)cc2C1. The summed E-state index contributed by atoms with van der Waals surface area (Å²) in [6.45, 7) is 6.38. The molecule has 2 aromatic carbocycles. The normalized spacial score (nSPS) is 14.8. The van der Waals surface area contributed by atoms with Crippen LogP contribution in [0.5, 0.6) is 0 Å². The van der Waals surface area contributed by atoms with Crippen LogP contribution in [0, 0.1) is 0 Å². The molecule has 0 radical (unpaired) electrons. The third kappa shape index (κ3) is 7.03. The number of nitrogens with zero attached hydrogens (tertiary/aromatic N) is 1. The lowest BCUT2D eigenvalue weighted by Gasteiger charge is -2.29. The van der Waals surface area contributed by atoms with Gasteiger partial charge in [0, 0.05) is 34.4 Å². The Bertz CT molecular complexity index is 1470. The number of thiophene rings is 1. The van der Waals surface area contributed by atoms with Crippen LogP contribution >= 0.6 is 22.9 Å². The maximum absolute atomic E-state index is 12.9. The zero-order chi connectivity index (χ0) is 27.7. The number of nitrogens with one attached hydrogen (secondary N) is 2. The molecule has 2 heterocycles. The number of benzene rings is 2. The van der Waals surface area contributed by atoms with Crippen molar-refractivity contribution in [1.82, 2.24) is 14.9 Å². The molecule has 1 aliphatic rings. The lowest BCUT2D eigenvalue weighted by Crippen LogP contribution is -2.45. The second-order valence-corrected chi connectivity index (χ2v) is 13.5. The predicted molar refractivity (Wildman–Crippen MR) is 147 cm³/mol. The number of carbonyl (C=O) groups is 2. The zero-order valence-corrected chi connectivity index (χ0v) is 23.7. The monoisotopic (exact) mass is 579 g/mol. The first-order chi connectivity index (χ1) is 17.8. The van der Waals surface area contributed by atoms with E-state index in [2.05, 4.69) is 10.0 Å². The molecule has 0 saturated carbocycles. The third-order valence-electron chi connectivity index (χ3n) is 5.95. The summed E-state index contributed by atoms with van der Waals surface area (Å²) in [5.41, 5.74) is 0.436. The minimum absolute atomic E-state index is 0.0388. The van der Waals surface area contributed by atoms with E-state index < -0.39 is 27.6 Å². The summed E-state index contributed by atoms with van der Waals surface area (Å²) < 4.78 is 33.6. The fourth-order valence-corrected chi connectivity index (χ4v) is 6.46. The van der Waals surface area contributed by atoms with Crippen molar-refractivity contribution in [3.05, 3.63) is 62.8 Å². The number of halogens is 1. The number of carboxylic acid groups (broad SMARTS) is 1. The van der Waals surface area contributed by atoms with Gasteiger partial charge < -0.3 is 14.7 Å². The minimum Gasteiger partial charge on any atom is -0.480 e. The molecule has 9 nitrogen and oxygen atoms in total. The Labute approximate surface area is 230 Å². The first-order valence-corrected chi connectivity index (χ1v) is 14.7. The number of carbonyl (C=O) groups excluding carboxylic acids is 1. The van der Waals surface area contributed by atoms with Crippen LogP contribution in [-0.2, 0) is 39.1 Å². The van der Waals surface area contributed by atoms with Gasteiger partial charge in [0.1, 0.15) is 11.6 Å². The van der Waals surface area contributed by atoms with E-state index in [1.54, 1.807) is 40.5 Å². The Balaban J connectivity index is 1.36. The van der Waals surface area contributed by atoms with Crippen molar-refractivity contribution < 1.29 is 27.9 Å². The lowest BCUT2D eigenvalue weighted by atomic mass is 10.1. The molecule has 38 heavy (non-hydrogen) atoms. The minimum atomic E-state index is -3.94. The van der Waals surface area contributed by atoms with Gasteiger partial charge >= 0.3 is 12.1 Å². The highest BCUT2D eigenvalue weighted by molar-refractivity contribution is 7.89. The summed E-state index contributed by atoms with van der Waals surface area (Å²) in [4.78, 5) is 28.0. The maximum atomic E-state index is 12.9. The van der Waals surface area contributed by atoms with Gasteiger partial charge in [-0.1, -0.05) is 23.7 Å². The highest BCUT2D eigenvalue weighted by Crippen LogP contribution is 2.29. The van der Waals surface area contributed by atoms with Gasteiger partial charge in [0.15, 0.2) is 0 Å². The molecule has 0 fully saturated rings. The van der Waals surface area contributed by atoms with Crippen LogP contribution in [0.3, 0.4) is 0 Å². The summed E-state index contributed by atoms with van der Waals surface area (Å²) in [6, 6.07) is 10.6. The number of fused-ring (bicyclic) bond motifs is 2. The third-order valence-corrected chi connectivity index (χ3v) is 8.85. The van der Waals surface area contributed by atoms with Crippen molar-refractivity contribution in [3.8, 4) is 0 Å². The average Bonchev–Trinajstić information content (AvgIpc) is 3.24. The van der Waals surface area contributed by atoms with Crippen molar-refractivity contribution in [2.45, 2.75) is 56.8 Å². The van der Waals surface area contributed by atoms with E-state index in [4.69, 9.17) is 16.3 Å². The molecule has 204 valence electrons. The summed E-state index contributed by atoms with van der Waals surface area (Å²) in [5.74, 6) is -1.17. The van der Waals surface area contributed by atoms with Crippen molar-refractivity contribution in [1.29, 1.82) is 0 Å². The van der Waals surface area contributed by atoms with Crippen LogP contribution in [0.15, 0.2) is 47.4 Å². The molecular formula is C26H30ClN3O6S2. The zero-order valence-electron chi connectivity index (χ0n) is 21.3. The van der Waals surface area contributed by atoms with Gasteiger partial charge in [-0.15, -0.1) is 11.3 Å². The maximum Gasteiger partial charge on any atom is 0.410 e. The van der Waals surface area contributed by atoms with E-state index in [0.717, 1.165) is 20.7 Å². The van der Waals surface area contributed by atoms with Crippen LogP contribution in [0.4, 0.5) is 4.79 Å². The molecule has 1 atom stereocenters. The Hall–Kier alpha value is -2.70. The van der Waals surface area contributed by atoms with Gasteiger partial charge in [-0.05, 0) is 73.9 Å². The van der Waals surface area contributed by atoms with E-state index in [1.807, 2.05) is 26.8 Å². The standard InChI is InChI=1S/C26H30ClN3O6S2/c1-26(2,3)36-25(33)30-9-8-23-18(15-30)11-20(37-23)13-28-22(24(31)32)14-29-38(34,35)21-7-5-16-10-19(27)6-4-17(16)12-21/h4-7,10-12,22,28-29H,8-9,13-15H2,1-3H3,(H,31,32). The van der Waals surface area contributed by atoms with E-state index in [9.17, 15) is 23.1 Å². The topological polar surface area (TPSA) is 125 Å². The number of rotatable bonds is 8. The summed E-state index contributed by atoms with van der Waals surface area (Å²) in [7, 11) is -3.94. The first-order valence-electron chi connectivity index (χ1n) is 12.0. The van der Waals surface area contributed by atoms with E-state index >= 15 is 0 Å². The number of hydrogen-bond donors (Lipinski definition) is 3. The van der Waals surface area contributed by atoms with Gasteiger partial charge in [-0.2, -0.15) is 0 Å². The lowest BCUT2D eigenvalue weighted by molar-refractivity contribution is -0.139. The second kappa shape index (κ2) is 11.2. The molecule has 0 saturated heterocycles. The number of amides is 1. The summed E-state index contributed by atoms with van der Waals surface area (Å²) in [6.07, 6.45) is 0.335. The number of hydrogen-bond acceptors (Lipinski definition) is 7. The Morgan fingerprint density at radius 1 is 1.16 bits per heavy atom. The van der Waals surface area contributed by atoms with Gasteiger partial charge in [0.25, 0.3) is 0 Å². The molecule has 0 aliphatic carbocycles. The second-order valence-electron chi connectivity index (χ2n) is 10.1. The van der Waals surface area contributed by atoms with Crippen LogP contribution in [0.1, 0.15) is 36.1 Å². The van der Waals surface area contributed by atoms with Gasteiger partial charge in [0.2, 0.25) is 10.0 Å². The number of carboxylic acids is 1. The molecule has 0 spiro atoms. The summed E-state index contributed by atoms with van der Waals surface area (Å²) in [5, 5.41) is 14.7. The fraction of sp³-hybridized carbons (Fsp3) is 0.385. The van der Waals surface area contributed by atoms with E-state index in [-0.39, 0.29) is 24.1 Å². The predicted octanol–water partition coefficient (Wildman–Crippen LogP) is 4.37. The van der Waals surface area contributed by atoms with E-state index in [1.165, 1.54) is 12.1 Å². The van der Waals surface area contributed by atoms with Gasteiger partial charge in [-0.25, -0.2) is 17.9 Å². The van der Waals surface area contributed by atoms with Gasteiger partial charge in [-0.3, -0.25) is 10.1 Å². The number of ether oxygens (including phenoxy) is 1. The molecule has 1 aromatic heterocycles. The molecule has 4 rings (SSSR count). The van der Waals surface area contributed by atoms with Crippen molar-refractivity contribution in [2.24, 2.45) is 0 Å². The molecule has 1 amide bonds. The van der Waals surface area contributed by atoms with Crippen molar-refractivity contribution in [3.63, 3.8) is 0 Å². The first kappa shape index (κ1) is 28.3. The van der Waals surface area contributed by atoms with Crippen LogP contribution in [-0.4, -0.2) is 55.2 Å². The van der Waals surface area contributed by atoms with Gasteiger partial charge in [0.05, 0.1) is 11.4 Å². The largest absolute Gasteiger partial charge is 0.480 e. The molecule has 12 heteroatoms. The highest BCUT2D eigenvalue weighted by atomic mass is 35.5. The smallest absolute Gasteiger partial charge is 0.410 e. The number of sulfonamides is 1. The molecule has 0 bridgehead atoms. The van der Waals surface area contributed by atoms with Crippen molar-refractivity contribution in [2.75, 3.05) is 13.1 Å². The number of aliphatic carboxylic acids is 1. The van der Waals surface area contributed by atoms with Crippen LogP contribution in [0.25, 0.3) is 10.8 Å². The highest BCUT2D eigenvalue weighted by Gasteiger charge is 2.27. The van der Waals surface area contributed by atoms with Crippen LogP contribution < -0.4 is 10.0 Å². The quantitative estimate of drug-likeness (QED) is 0.362. The molecule has 3 N–H and O–H groups in total. The molecule has 1 unspecified atom stereocenters. The van der Waals surface area contributed by atoms with Crippen molar-refractivity contribution >= 4 is 55.8 Å². The summed E-state index contributed by atoms with van der Waals surface area (Å²) >= 11 is 7.55. The Morgan fingerprint density at radius 2 is 1.87 bits per heavy atom. The van der Waals surface area contributed by atoms with Crippen LogP contribution in [0.2, 0.25) is 5.02 Å². The fourth-order valence-electron chi connectivity index (χ4n) is 4.07.